The van der Waals surface area contributed by atoms with Crippen LogP contribution in [0, 0.1) is 11.8 Å². The van der Waals surface area contributed by atoms with Crippen molar-refractivity contribution in [2.24, 2.45) is 0 Å². The summed E-state index contributed by atoms with van der Waals surface area (Å²) < 4.78 is 10.1. The fourth-order valence-electron chi connectivity index (χ4n) is 1.64. The van der Waals surface area contributed by atoms with Crippen LogP contribution in [0.2, 0.25) is 0 Å². The molecule has 0 aliphatic rings. The lowest BCUT2D eigenvalue weighted by Crippen LogP contribution is -2.23. The number of aromatic nitrogens is 1. The van der Waals surface area contributed by atoms with Gasteiger partial charge in [-0.2, -0.15) is 0 Å². The number of hydrogen-bond acceptors (Lipinski definition) is 5. The zero-order valence-corrected chi connectivity index (χ0v) is 12.5. The quantitative estimate of drug-likeness (QED) is 0.815. The van der Waals surface area contributed by atoms with Crippen LogP contribution in [-0.4, -0.2) is 30.1 Å². The Bertz CT molecular complexity index is 729. The number of nitrogens with zero attached hydrogens (tertiary/aromatic N) is 1. The number of anilines is 1. The molecule has 2 aromatic rings. The number of benzene rings is 1. The van der Waals surface area contributed by atoms with Crippen LogP contribution in [0.15, 0.2) is 41.1 Å². The van der Waals surface area contributed by atoms with Crippen LogP contribution in [0.4, 0.5) is 5.69 Å². The first-order valence-electron chi connectivity index (χ1n) is 6.80. The number of nitrogens with one attached hydrogen (secondary N) is 2. The van der Waals surface area contributed by atoms with Gasteiger partial charge in [-0.25, -0.2) is 0 Å². The predicted molar refractivity (Wildman–Crippen MR) is 82.9 cm³/mol. The van der Waals surface area contributed by atoms with Crippen LogP contribution in [0.1, 0.15) is 17.5 Å². The van der Waals surface area contributed by atoms with Crippen molar-refractivity contribution >= 4 is 17.5 Å². The second kappa shape index (κ2) is 8.24. The molecule has 0 spiro atoms. The van der Waals surface area contributed by atoms with Crippen LogP contribution < -0.4 is 15.4 Å². The van der Waals surface area contributed by atoms with Crippen molar-refractivity contribution in [3.05, 3.63) is 42.3 Å². The summed E-state index contributed by atoms with van der Waals surface area (Å²) in [6.45, 7) is 1.78. The minimum Gasteiger partial charge on any atom is -0.481 e. The number of ether oxygens (including phenoxy) is 1. The van der Waals surface area contributed by atoms with Crippen molar-refractivity contribution in [3.8, 4) is 17.6 Å². The van der Waals surface area contributed by atoms with E-state index in [2.05, 4.69) is 27.6 Å². The highest BCUT2D eigenvalue weighted by Crippen LogP contribution is 2.16. The fraction of sp³-hybridized carbons (Fsp3) is 0.188. The lowest BCUT2D eigenvalue weighted by Gasteiger charge is -2.05. The molecule has 1 aromatic heterocycles. The number of carbonyl (C=O) groups is 2. The topological polar surface area (TPSA) is 93.5 Å². The highest BCUT2D eigenvalue weighted by Gasteiger charge is 2.06. The van der Waals surface area contributed by atoms with E-state index in [4.69, 9.17) is 9.26 Å². The van der Waals surface area contributed by atoms with Crippen molar-refractivity contribution in [3.63, 3.8) is 0 Å². The summed E-state index contributed by atoms with van der Waals surface area (Å²) in [6.07, 6.45) is 1.39. The normalized spacial score (nSPS) is 9.43. The van der Waals surface area contributed by atoms with E-state index >= 15 is 0 Å². The van der Waals surface area contributed by atoms with Crippen molar-refractivity contribution in [1.29, 1.82) is 0 Å². The molecule has 0 unspecified atom stereocenters. The van der Waals surface area contributed by atoms with Gasteiger partial charge in [0, 0.05) is 24.7 Å². The Morgan fingerprint density at radius 2 is 2.17 bits per heavy atom. The minimum absolute atomic E-state index is 0.137. The summed E-state index contributed by atoms with van der Waals surface area (Å²) in [4.78, 5) is 22.5. The van der Waals surface area contributed by atoms with Crippen LogP contribution in [0.5, 0.6) is 5.75 Å². The first kappa shape index (κ1) is 16.1. The Labute approximate surface area is 133 Å². The first-order chi connectivity index (χ1) is 11.1. The summed E-state index contributed by atoms with van der Waals surface area (Å²) in [5.74, 6) is 5.74. The number of carbonyl (C=O) groups excluding carboxylic acids is 2. The maximum Gasteiger partial charge on any atom is 0.290 e. The second-order valence-electron chi connectivity index (χ2n) is 4.41. The van der Waals surface area contributed by atoms with E-state index in [0.29, 0.717) is 11.4 Å². The second-order valence-corrected chi connectivity index (χ2v) is 4.41. The summed E-state index contributed by atoms with van der Waals surface area (Å²) in [5, 5.41) is 8.67. The van der Waals surface area contributed by atoms with Crippen LogP contribution in [0.25, 0.3) is 0 Å². The van der Waals surface area contributed by atoms with E-state index in [0.717, 1.165) is 0 Å². The molecule has 0 aliphatic heterocycles. The maximum atomic E-state index is 11.5. The molecule has 0 atom stereocenters. The predicted octanol–water partition coefficient (Wildman–Crippen LogP) is 1.45. The zero-order valence-electron chi connectivity index (χ0n) is 12.5. The average molecular weight is 313 g/mol. The van der Waals surface area contributed by atoms with Gasteiger partial charge in [0.15, 0.2) is 0 Å². The van der Waals surface area contributed by atoms with Gasteiger partial charge in [-0.05, 0) is 12.1 Å². The zero-order chi connectivity index (χ0) is 16.5. The van der Waals surface area contributed by atoms with Gasteiger partial charge >= 0.3 is 0 Å². The Morgan fingerprint density at radius 3 is 2.91 bits per heavy atom. The lowest BCUT2D eigenvalue weighted by atomic mass is 10.3. The van der Waals surface area contributed by atoms with E-state index in [-0.39, 0.29) is 30.7 Å². The van der Waals surface area contributed by atoms with Gasteiger partial charge in [-0.15, -0.1) is 0 Å². The third-order valence-electron chi connectivity index (χ3n) is 2.59. The molecule has 1 heterocycles. The molecule has 7 nitrogen and oxygen atoms in total. The molecule has 0 bridgehead atoms. The van der Waals surface area contributed by atoms with Gasteiger partial charge in [-0.3, -0.25) is 9.59 Å². The molecule has 0 saturated carbocycles. The molecule has 118 valence electrons. The molecule has 7 heteroatoms. The van der Waals surface area contributed by atoms with Crippen molar-refractivity contribution in [2.45, 2.75) is 6.92 Å². The molecule has 0 radical (unpaired) electrons. The molecule has 2 rings (SSSR count). The Morgan fingerprint density at radius 1 is 1.30 bits per heavy atom. The minimum atomic E-state index is -0.374. The standard InChI is InChI=1S/C16H15N3O4/c1-12(20)19-13-5-4-6-14(11-13)22-10-3-2-8-17-16(21)15-7-9-18-23-15/h4-7,9,11H,8,10H2,1H3,(H,17,21)(H,19,20). The third-order valence-corrected chi connectivity index (χ3v) is 2.59. The number of amides is 2. The van der Waals surface area contributed by atoms with Crippen molar-refractivity contribution < 1.29 is 18.8 Å². The summed E-state index contributed by atoms with van der Waals surface area (Å²) in [7, 11) is 0. The summed E-state index contributed by atoms with van der Waals surface area (Å²) in [5.41, 5.74) is 0.655. The number of rotatable bonds is 5. The molecule has 0 saturated heterocycles. The average Bonchev–Trinajstić information content (AvgIpc) is 3.04. The smallest absolute Gasteiger partial charge is 0.290 e. The van der Waals surface area contributed by atoms with Gasteiger partial charge in [-0.1, -0.05) is 23.1 Å². The molecular weight excluding hydrogens is 298 g/mol. The Kier molecular flexibility index (Phi) is 5.77. The van der Waals surface area contributed by atoms with Gasteiger partial charge in [0.25, 0.3) is 5.91 Å². The van der Waals surface area contributed by atoms with E-state index in [1.165, 1.54) is 19.2 Å². The first-order valence-corrected chi connectivity index (χ1v) is 6.80. The van der Waals surface area contributed by atoms with Gasteiger partial charge < -0.3 is 19.9 Å². The largest absolute Gasteiger partial charge is 0.481 e. The van der Waals surface area contributed by atoms with E-state index in [9.17, 15) is 9.59 Å². The van der Waals surface area contributed by atoms with Crippen molar-refractivity contribution in [2.75, 3.05) is 18.5 Å². The van der Waals surface area contributed by atoms with Gasteiger partial charge in [0.1, 0.15) is 12.4 Å². The van der Waals surface area contributed by atoms with E-state index in [1.807, 2.05) is 0 Å². The highest BCUT2D eigenvalue weighted by atomic mass is 16.5. The van der Waals surface area contributed by atoms with Crippen LogP contribution in [0.3, 0.4) is 0 Å². The van der Waals surface area contributed by atoms with Gasteiger partial charge in [0.2, 0.25) is 11.7 Å². The molecular formula is C16H15N3O4. The lowest BCUT2D eigenvalue weighted by molar-refractivity contribution is -0.114. The monoisotopic (exact) mass is 313 g/mol. The van der Waals surface area contributed by atoms with Gasteiger partial charge in [0.05, 0.1) is 12.7 Å². The summed E-state index contributed by atoms with van der Waals surface area (Å²) >= 11 is 0. The molecule has 2 amide bonds. The molecule has 23 heavy (non-hydrogen) atoms. The third kappa shape index (κ3) is 5.55. The molecule has 1 aromatic carbocycles. The van der Waals surface area contributed by atoms with Crippen molar-refractivity contribution in [1.82, 2.24) is 10.5 Å². The highest BCUT2D eigenvalue weighted by molar-refractivity contribution is 5.91. The number of hydrogen-bond donors (Lipinski definition) is 2. The Balaban J connectivity index is 1.73. The molecule has 0 fully saturated rings. The fourth-order valence-corrected chi connectivity index (χ4v) is 1.64. The Hall–Kier alpha value is -3.27. The van der Waals surface area contributed by atoms with Crippen LogP contribution in [-0.2, 0) is 4.79 Å². The SMILES string of the molecule is CC(=O)Nc1cccc(OCC#CCNC(=O)c2ccno2)c1. The molecule has 2 N–H and O–H groups in total. The molecule has 0 aliphatic carbocycles. The summed E-state index contributed by atoms with van der Waals surface area (Å²) in [6, 6.07) is 8.46. The van der Waals surface area contributed by atoms with E-state index < -0.39 is 0 Å². The van der Waals surface area contributed by atoms with E-state index in [1.54, 1.807) is 24.3 Å². The van der Waals surface area contributed by atoms with Crippen LogP contribution >= 0.6 is 0 Å². The maximum absolute atomic E-state index is 11.5.